The molecule has 0 aromatic rings. The zero-order chi connectivity index (χ0) is 19.5. The molecule has 0 fully saturated rings. The number of aliphatic hydroxyl groups is 1. The second kappa shape index (κ2) is 19.2. The molecule has 0 aromatic heterocycles. The second-order valence-electron chi connectivity index (χ2n) is 7.59. The summed E-state index contributed by atoms with van der Waals surface area (Å²) in [6.07, 6.45) is 16.3. The van der Waals surface area contributed by atoms with Crippen molar-refractivity contribution in [2.75, 3.05) is 6.61 Å². The quantitative estimate of drug-likeness (QED) is 0.253. The van der Waals surface area contributed by atoms with Crippen molar-refractivity contribution in [1.29, 1.82) is 0 Å². The van der Waals surface area contributed by atoms with E-state index in [9.17, 15) is 9.90 Å². The van der Waals surface area contributed by atoms with Gasteiger partial charge in [-0.05, 0) is 25.7 Å². The molecule has 2 unspecified atom stereocenters. The van der Waals surface area contributed by atoms with Gasteiger partial charge in [0.05, 0.1) is 12.2 Å². The number of rotatable bonds is 20. The summed E-state index contributed by atoms with van der Waals surface area (Å²) < 4.78 is 5.96. The van der Waals surface area contributed by atoms with Crippen molar-refractivity contribution in [3.8, 4) is 0 Å². The number of carboxylic acids is 1. The van der Waals surface area contributed by atoms with E-state index in [1.54, 1.807) is 0 Å². The van der Waals surface area contributed by atoms with E-state index in [-0.39, 0.29) is 12.5 Å². The zero-order valence-corrected chi connectivity index (χ0v) is 17.4. The first-order valence-electron chi connectivity index (χ1n) is 11.1. The minimum Gasteiger partial charge on any atom is -0.481 e. The Morgan fingerprint density at radius 1 is 0.769 bits per heavy atom. The third kappa shape index (κ3) is 16.8. The van der Waals surface area contributed by atoms with E-state index in [1.807, 2.05) is 0 Å². The van der Waals surface area contributed by atoms with Gasteiger partial charge >= 0.3 is 5.97 Å². The molecule has 0 radical (unpaired) electrons. The lowest BCUT2D eigenvalue weighted by Crippen LogP contribution is -2.29. The van der Waals surface area contributed by atoms with Gasteiger partial charge in [0.15, 0.2) is 0 Å². The lowest BCUT2D eigenvalue weighted by atomic mass is 9.99. The molecule has 0 saturated carbocycles. The number of aliphatic hydroxyl groups excluding tert-OH is 1. The van der Waals surface area contributed by atoms with E-state index in [1.165, 1.54) is 44.9 Å². The van der Waals surface area contributed by atoms with Crippen LogP contribution in [0.4, 0.5) is 0 Å². The number of carboxylic acid groups (broad SMARTS) is 1. The number of carbonyl (C=O) groups is 1. The standard InChI is InChI=1S/C22H44O4/c1-3-5-7-8-9-10-11-14-17-21(26-19-6-4-2)20(23)16-13-12-15-18-22(24)25/h20-21,23H,3-19H2,1-2H3,(H,24,25). The van der Waals surface area contributed by atoms with E-state index in [4.69, 9.17) is 9.84 Å². The van der Waals surface area contributed by atoms with Gasteiger partial charge in [-0.1, -0.05) is 84.5 Å². The fourth-order valence-corrected chi connectivity index (χ4v) is 3.24. The van der Waals surface area contributed by atoms with Crippen LogP contribution < -0.4 is 0 Å². The Bertz CT molecular complexity index is 307. The Hall–Kier alpha value is -0.610. The van der Waals surface area contributed by atoms with Gasteiger partial charge < -0.3 is 14.9 Å². The van der Waals surface area contributed by atoms with Crippen LogP contribution in [0.1, 0.15) is 117 Å². The van der Waals surface area contributed by atoms with Gasteiger partial charge in [-0.2, -0.15) is 0 Å². The maximum atomic E-state index is 10.5. The van der Waals surface area contributed by atoms with Gasteiger partial charge in [-0.3, -0.25) is 4.79 Å². The van der Waals surface area contributed by atoms with Gasteiger partial charge in [-0.15, -0.1) is 0 Å². The third-order valence-electron chi connectivity index (χ3n) is 4.99. The predicted molar refractivity (Wildman–Crippen MR) is 109 cm³/mol. The van der Waals surface area contributed by atoms with Crippen molar-refractivity contribution in [1.82, 2.24) is 0 Å². The number of aliphatic carboxylic acids is 1. The van der Waals surface area contributed by atoms with Crippen LogP contribution in [0.5, 0.6) is 0 Å². The third-order valence-corrected chi connectivity index (χ3v) is 4.99. The largest absolute Gasteiger partial charge is 0.481 e. The van der Waals surface area contributed by atoms with E-state index < -0.39 is 12.1 Å². The highest BCUT2D eigenvalue weighted by Gasteiger charge is 2.19. The number of unbranched alkanes of at least 4 members (excludes halogenated alkanes) is 10. The average Bonchev–Trinajstić information content (AvgIpc) is 2.61. The monoisotopic (exact) mass is 372 g/mol. The lowest BCUT2D eigenvalue weighted by Gasteiger charge is -2.23. The highest BCUT2D eigenvalue weighted by Crippen LogP contribution is 2.18. The Balaban J connectivity index is 3.91. The Kier molecular flexibility index (Phi) is 18.7. The molecular formula is C22H44O4. The minimum atomic E-state index is -0.735. The number of hydrogen-bond acceptors (Lipinski definition) is 3. The molecule has 26 heavy (non-hydrogen) atoms. The van der Waals surface area contributed by atoms with Crippen molar-refractivity contribution in [2.45, 2.75) is 129 Å². The molecule has 2 N–H and O–H groups in total. The summed E-state index contributed by atoms with van der Waals surface area (Å²) in [6, 6.07) is 0. The second-order valence-corrected chi connectivity index (χ2v) is 7.59. The van der Waals surface area contributed by atoms with Crippen molar-refractivity contribution >= 4 is 5.97 Å². The molecule has 0 aliphatic rings. The summed E-state index contributed by atoms with van der Waals surface area (Å²) in [6.45, 7) is 5.13. The zero-order valence-electron chi connectivity index (χ0n) is 17.4. The first-order chi connectivity index (χ1) is 12.6. The van der Waals surface area contributed by atoms with E-state index in [0.29, 0.717) is 12.8 Å². The predicted octanol–water partition coefficient (Wildman–Crippen LogP) is 6.10. The topological polar surface area (TPSA) is 66.8 Å². The van der Waals surface area contributed by atoms with E-state index >= 15 is 0 Å². The van der Waals surface area contributed by atoms with Crippen LogP contribution in [0, 0.1) is 0 Å². The Morgan fingerprint density at radius 3 is 1.92 bits per heavy atom. The fourth-order valence-electron chi connectivity index (χ4n) is 3.24. The SMILES string of the molecule is CCCCCCCCCCC(OCCCC)C(O)CCCCCC(=O)O. The molecule has 0 rings (SSSR count). The molecule has 2 atom stereocenters. The highest BCUT2D eigenvalue weighted by molar-refractivity contribution is 5.66. The van der Waals surface area contributed by atoms with Crippen molar-refractivity contribution in [2.24, 2.45) is 0 Å². The molecule has 0 aliphatic heterocycles. The molecule has 0 aliphatic carbocycles. The minimum absolute atomic E-state index is 0.0545. The molecule has 0 heterocycles. The Labute approximate surface area is 161 Å². The van der Waals surface area contributed by atoms with Crippen molar-refractivity contribution < 1.29 is 19.7 Å². The summed E-state index contributed by atoms with van der Waals surface area (Å²) in [7, 11) is 0. The van der Waals surface area contributed by atoms with Crippen LogP contribution >= 0.6 is 0 Å². The van der Waals surface area contributed by atoms with Crippen LogP contribution in [-0.2, 0) is 9.53 Å². The van der Waals surface area contributed by atoms with Gasteiger partial charge in [-0.25, -0.2) is 0 Å². The molecule has 4 nitrogen and oxygen atoms in total. The fraction of sp³-hybridized carbons (Fsp3) is 0.955. The smallest absolute Gasteiger partial charge is 0.303 e. The van der Waals surface area contributed by atoms with E-state index in [0.717, 1.165) is 45.1 Å². The van der Waals surface area contributed by atoms with Crippen LogP contribution in [0.3, 0.4) is 0 Å². The van der Waals surface area contributed by atoms with Crippen LogP contribution in [0.15, 0.2) is 0 Å². The normalized spacial score (nSPS) is 13.7. The van der Waals surface area contributed by atoms with Crippen LogP contribution in [-0.4, -0.2) is 35.0 Å². The summed E-state index contributed by atoms with van der Waals surface area (Å²) in [5.74, 6) is -0.735. The average molecular weight is 373 g/mol. The molecule has 4 heteroatoms. The van der Waals surface area contributed by atoms with Gasteiger partial charge in [0.2, 0.25) is 0 Å². The molecular weight excluding hydrogens is 328 g/mol. The van der Waals surface area contributed by atoms with Gasteiger partial charge in [0.25, 0.3) is 0 Å². The van der Waals surface area contributed by atoms with Crippen molar-refractivity contribution in [3.05, 3.63) is 0 Å². The molecule has 0 spiro atoms. The first kappa shape index (κ1) is 25.4. The molecule has 0 amide bonds. The number of hydrogen-bond donors (Lipinski definition) is 2. The summed E-state index contributed by atoms with van der Waals surface area (Å²) in [4.78, 5) is 10.5. The number of ether oxygens (including phenoxy) is 1. The molecule has 0 aromatic carbocycles. The molecule has 0 saturated heterocycles. The summed E-state index contributed by atoms with van der Waals surface area (Å²) >= 11 is 0. The summed E-state index contributed by atoms with van der Waals surface area (Å²) in [5, 5.41) is 19.1. The maximum Gasteiger partial charge on any atom is 0.303 e. The molecule has 0 bridgehead atoms. The van der Waals surface area contributed by atoms with Crippen LogP contribution in [0.2, 0.25) is 0 Å². The van der Waals surface area contributed by atoms with Crippen molar-refractivity contribution in [3.63, 3.8) is 0 Å². The van der Waals surface area contributed by atoms with Gasteiger partial charge in [0, 0.05) is 13.0 Å². The van der Waals surface area contributed by atoms with E-state index in [2.05, 4.69) is 13.8 Å². The molecule has 156 valence electrons. The van der Waals surface area contributed by atoms with Crippen LogP contribution in [0.25, 0.3) is 0 Å². The highest BCUT2D eigenvalue weighted by atomic mass is 16.5. The van der Waals surface area contributed by atoms with Gasteiger partial charge in [0.1, 0.15) is 0 Å². The lowest BCUT2D eigenvalue weighted by molar-refractivity contribution is -0.137. The Morgan fingerprint density at radius 2 is 1.31 bits per heavy atom. The maximum absolute atomic E-state index is 10.5. The first-order valence-corrected chi connectivity index (χ1v) is 11.1. The summed E-state index contributed by atoms with van der Waals surface area (Å²) in [5.41, 5.74) is 0.